The second-order valence-electron chi connectivity index (χ2n) is 5.75. The molecular formula is C13H23N3O4. The molecule has 114 valence electrons. The maximum atomic E-state index is 12.5. The van der Waals surface area contributed by atoms with E-state index in [0.29, 0.717) is 13.0 Å². The number of likely N-dealkylation sites (tertiary alicyclic amines) is 1. The Morgan fingerprint density at radius 1 is 1.35 bits per heavy atom. The molecule has 0 aliphatic carbocycles. The van der Waals surface area contributed by atoms with Crippen molar-refractivity contribution in [3.63, 3.8) is 0 Å². The molecule has 1 aliphatic heterocycles. The van der Waals surface area contributed by atoms with E-state index in [1.165, 1.54) is 4.90 Å². The number of carboxylic acid groups (broad SMARTS) is 1. The first kappa shape index (κ1) is 16.3. The van der Waals surface area contributed by atoms with Gasteiger partial charge in [-0.25, -0.2) is 9.59 Å². The molecule has 7 nitrogen and oxygen atoms in total. The second-order valence-corrected chi connectivity index (χ2v) is 5.75. The van der Waals surface area contributed by atoms with E-state index in [1.807, 2.05) is 6.92 Å². The summed E-state index contributed by atoms with van der Waals surface area (Å²) in [5.74, 6) is -1.28. The minimum absolute atomic E-state index is 0.163. The largest absolute Gasteiger partial charge is 0.480 e. The smallest absolute Gasteiger partial charge is 0.326 e. The number of carbonyl (C=O) groups is 3. The van der Waals surface area contributed by atoms with Crippen molar-refractivity contribution in [2.24, 2.45) is 17.6 Å². The highest BCUT2D eigenvalue weighted by atomic mass is 16.4. The summed E-state index contributed by atoms with van der Waals surface area (Å²) in [4.78, 5) is 36.2. The maximum Gasteiger partial charge on any atom is 0.326 e. The Morgan fingerprint density at radius 3 is 2.40 bits per heavy atom. The summed E-state index contributed by atoms with van der Waals surface area (Å²) in [6, 6.07) is -2.40. The van der Waals surface area contributed by atoms with Crippen molar-refractivity contribution >= 4 is 17.9 Å². The van der Waals surface area contributed by atoms with Crippen LogP contribution in [0.2, 0.25) is 0 Å². The summed E-state index contributed by atoms with van der Waals surface area (Å²) in [5.41, 5.74) is 5.08. The average molecular weight is 285 g/mol. The Bertz CT molecular complexity index is 397. The van der Waals surface area contributed by atoms with Crippen molar-refractivity contribution in [3.8, 4) is 0 Å². The SMILES string of the molecule is CC1CCN(C(=O)C(NC(N)=O)C(C)C)C(C(=O)O)C1. The summed E-state index contributed by atoms with van der Waals surface area (Å²) in [5, 5.41) is 11.7. The Balaban J connectivity index is 2.90. The highest BCUT2D eigenvalue weighted by Crippen LogP contribution is 2.24. The van der Waals surface area contributed by atoms with Crippen LogP contribution in [0, 0.1) is 11.8 Å². The Labute approximate surface area is 118 Å². The number of aliphatic carboxylic acids is 1. The summed E-state index contributed by atoms with van der Waals surface area (Å²) >= 11 is 0. The van der Waals surface area contributed by atoms with E-state index in [-0.39, 0.29) is 17.7 Å². The zero-order chi connectivity index (χ0) is 15.4. The van der Waals surface area contributed by atoms with Gasteiger partial charge in [0.15, 0.2) is 0 Å². The maximum absolute atomic E-state index is 12.5. The van der Waals surface area contributed by atoms with Crippen LogP contribution >= 0.6 is 0 Å². The van der Waals surface area contributed by atoms with Gasteiger partial charge in [-0.15, -0.1) is 0 Å². The minimum Gasteiger partial charge on any atom is -0.480 e. The van der Waals surface area contributed by atoms with Crippen LogP contribution in [0.1, 0.15) is 33.6 Å². The topological polar surface area (TPSA) is 113 Å². The van der Waals surface area contributed by atoms with Gasteiger partial charge in [-0.3, -0.25) is 4.79 Å². The molecule has 4 N–H and O–H groups in total. The lowest BCUT2D eigenvalue weighted by Gasteiger charge is -2.38. The number of nitrogens with two attached hydrogens (primary N) is 1. The molecule has 1 heterocycles. The van der Waals surface area contributed by atoms with Crippen LogP contribution < -0.4 is 11.1 Å². The lowest BCUT2D eigenvalue weighted by atomic mass is 9.91. The van der Waals surface area contributed by atoms with E-state index in [4.69, 9.17) is 5.73 Å². The van der Waals surface area contributed by atoms with Crippen molar-refractivity contribution in [2.45, 2.75) is 45.7 Å². The molecule has 3 unspecified atom stereocenters. The van der Waals surface area contributed by atoms with E-state index in [9.17, 15) is 19.5 Å². The van der Waals surface area contributed by atoms with Gasteiger partial charge >= 0.3 is 12.0 Å². The fraction of sp³-hybridized carbons (Fsp3) is 0.769. The van der Waals surface area contributed by atoms with Gasteiger partial charge < -0.3 is 21.1 Å². The predicted octanol–water partition coefficient (Wildman–Crippen LogP) is 0.391. The molecule has 0 saturated carbocycles. The summed E-state index contributed by atoms with van der Waals surface area (Å²) < 4.78 is 0. The monoisotopic (exact) mass is 285 g/mol. The fourth-order valence-electron chi connectivity index (χ4n) is 2.48. The van der Waals surface area contributed by atoms with Crippen LogP contribution in [0.25, 0.3) is 0 Å². The number of piperidine rings is 1. The van der Waals surface area contributed by atoms with Gasteiger partial charge in [0, 0.05) is 6.54 Å². The molecule has 0 spiro atoms. The molecule has 7 heteroatoms. The van der Waals surface area contributed by atoms with Gasteiger partial charge in [0.2, 0.25) is 5.91 Å². The lowest BCUT2D eigenvalue weighted by Crippen LogP contribution is -2.58. The third kappa shape index (κ3) is 3.85. The summed E-state index contributed by atoms with van der Waals surface area (Å²) in [7, 11) is 0. The van der Waals surface area contributed by atoms with E-state index >= 15 is 0 Å². The van der Waals surface area contributed by atoms with Gasteiger partial charge in [-0.05, 0) is 24.7 Å². The van der Waals surface area contributed by atoms with E-state index in [1.54, 1.807) is 13.8 Å². The van der Waals surface area contributed by atoms with Gasteiger partial charge in [0.05, 0.1) is 0 Å². The molecule has 20 heavy (non-hydrogen) atoms. The normalized spacial score (nSPS) is 24.3. The van der Waals surface area contributed by atoms with E-state index in [0.717, 1.165) is 6.42 Å². The minimum atomic E-state index is -1.01. The van der Waals surface area contributed by atoms with Crippen LogP contribution in [-0.2, 0) is 9.59 Å². The highest BCUT2D eigenvalue weighted by molar-refractivity contribution is 5.90. The Kier molecular flexibility index (Phi) is 5.35. The number of urea groups is 1. The number of primary amides is 1. The predicted molar refractivity (Wildman–Crippen MR) is 72.9 cm³/mol. The third-order valence-electron chi connectivity index (χ3n) is 3.66. The number of rotatable bonds is 4. The van der Waals surface area contributed by atoms with Crippen molar-refractivity contribution in [1.82, 2.24) is 10.2 Å². The Morgan fingerprint density at radius 2 is 1.95 bits per heavy atom. The molecule has 1 fully saturated rings. The molecule has 1 rings (SSSR count). The molecule has 0 aromatic heterocycles. The van der Waals surface area contributed by atoms with Crippen LogP contribution in [0.3, 0.4) is 0 Å². The number of amides is 3. The van der Waals surface area contributed by atoms with Crippen molar-refractivity contribution in [3.05, 3.63) is 0 Å². The first-order valence-electron chi connectivity index (χ1n) is 6.83. The van der Waals surface area contributed by atoms with Crippen LogP contribution in [0.4, 0.5) is 4.79 Å². The third-order valence-corrected chi connectivity index (χ3v) is 3.66. The second kappa shape index (κ2) is 6.58. The molecule has 1 aliphatic rings. The van der Waals surface area contributed by atoms with Gasteiger partial charge in [0.1, 0.15) is 12.1 Å². The molecule has 1 saturated heterocycles. The van der Waals surface area contributed by atoms with E-state index in [2.05, 4.69) is 5.32 Å². The number of hydrogen-bond acceptors (Lipinski definition) is 3. The number of carbonyl (C=O) groups excluding carboxylic acids is 2. The van der Waals surface area contributed by atoms with Crippen molar-refractivity contribution in [1.29, 1.82) is 0 Å². The van der Waals surface area contributed by atoms with Gasteiger partial charge in [-0.1, -0.05) is 20.8 Å². The van der Waals surface area contributed by atoms with Crippen molar-refractivity contribution in [2.75, 3.05) is 6.54 Å². The van der Waals surface area contributed by atoms with Crippen LogP contribution in [0.15, 0.2) is 0 Å². The zero-order valence-electron chi connectivity index (χ0n) is 12.1. The molecule has 3 amide bonds. The number of hydrogen-bond donors (Lipinski definition) is 3. The molecule has 0 aromatic carbocycles. The lowest BCUT2D eigenvalue weighted by molar-refractivity contribution is -0.154. The highest BCUT2D eigenvalue weighted by Gasteiger charge is 2.38. The first-order chi connectivity index (χ1) is 9.23. The molecule has 3 atom stereocenters. The van der Waals surface area contributed by atoms with Gasteiger partial charge in [0.25, 0.3) is 0 Å². The number of nitrogens with zero attached hydrogens (tertiary/aromatic N) is 1. The molecule has 0 radical (unpaired) electrons. The average Bonchev–Trinajstić information content (AvgIpc) is 2.34. The summed E-state index contributed by atoms with van der Waals surface area (Å²) in [6.45, 7) is 5.92. The number of nitrogens with one attached hydrogen (secondary N) is 1. The van der Waals surface area contributed by atoms with Crippen molar-refractivity contribution < 1.29 is 19.5 Å². The van der Waals surface area contributed by atoms with Crippen LogP contribution in [0.5, 0.6) is 0 Å². The molecule has 0 bridgehead atoms. The molecular weight excluding hydrogens is 262 g/mol. The Hall–Kier alpha value is -1.79. The number of carboxylic acids is 1. The van der Waals surface area contributed by atoms with E-state index < -0.39 is 24.1 Å². The quantitative estimate of drug-likeness (QED) is 0.693. The zero-order valence-corrected chi connectivity index (χ0v) is 12.1. The fourth-order valence-corrected chi connectivity index (χ4v) is 2.48. The van der Waals surface area contributed by atoms with Gasteiger partial charge in [-0.2, -0.15) is 0 Å². The summed E-state index contributed by atoms with van der Waals surface area (Å²) in [6.07, 6.45) is 1.19. The first-order valence-corrected chi connectivity index (χ1v) is 6.83. The standard InChI is InChI=1S/C13H23N3O4/c1-7(2)10(15-13(14)20)11(17)16-5-4-8(3)6-9(16)12(18)19/h7-10H,4-6H2,1-3H3,(H,18,19)(H3,14,15,20). The molecule has 0 aromatic rings. The van der Waals surface area contributed by atoms with Crippen LogP contribution in [-0.4, -0.2) is 46.5 Å².